The molecule has 0 fully saturated rings. The van der Waals surface area contributed by atoms with Crippen molar-refractivity contribution in [1.29, 1.82) is 5.26 Å². The molecule has 0 unspecified atom stereocenters. The van der Waals surface area contributed by atoms with Crippen molar-refractivity contribution in [2.45, 2.75) is 4.90 Å². The number of thiophene rings is 1. The first-order chi connectivity index (χ1) is 11.3. The quantitative estimate of drug-likeness (QED) is 0.467. The average Bonchev–Trinajstić information content (AvgIpc) is 3.37. The van der Waals surface area contributed by atoms with Gasteiger partial charge in [0.15, 0.2) is 0 Å². The van der Waals surface area contributed by atoms with Gasteiger partial charge in [0, 0.05) is 50.5 Å². The van der Waals surface area contributed by atoms with Gasteiger partial charge in [-0.1, -0.05) is 42.5 Å². The topological polar surface area (TPSA) is 23.8 Å². The first-order valence-electron chi connectivity index (χ1n) is 7.22. The zero-order chi connectivity index (χ0) is 16.1. The summed E-state index contributed by atoms with van der Waals surface area (Å²) < 4.78 is 1.20. The Morgan fingerprint density at radius 3 is 2.42 bits per heavy atom. The van der Waals surface area contributed by atoms with Crippen molar-refractivity contribution in [3.63, 3.8) is 0 Å². The molecule has 120 valence electrons. The molecule has 2 aliphatic carbocycles. The summed E-state index contributed by atoms with van der Waals surface area (Å²) in [6.45, 7) is 0. The molecule has 0 saturated carbocycles. The van der Waals surface area contributed by atoms with E-state index < -0.39 is 0 Å². The van der Waals surface area contributed by atoms with Gasteiger partial charge in [0.05, 0.1) is 5.56 Å². The van der Waals surface area contributed by atoms with Gasteiger partial charge < -0.3 is 0 Å². The Kier molecular flexibility index (Phi) is 7.15. The summed E-state index contributed by atoms with van der Waals surface area (Å²) >= 11 is 3.33. The van der Waals surface area contributed by atoms with Crippen LogP contribution in [-0.4, -0.2) is 6.26 Å². The molecule has 24 heavy (non-hydrogen) atoms. The Morgan fingerprint density at radius 1 is 1.08 bits per heavy atom. The minimum Gasteiger partial charge on any atom is -0.192 e. The van der Waals surface area contributed by atoms with E-state index in [4.69, 9.17) is 0 Å². The molecular weight excluding hydrogens is 374 g/mol. The van der Waals surface area contributed by atoms with Gasteiger partial charge in [0.2, 0.25) is 0 Å². The molecule has 4 rings (SSSR count). The van der Waals surface area contributed by atoms with Crippen LogP contribution in [0, 0.1) is 24.2 Å². The van der Waals surface area contributed by atoms with Gasteiger partial charge in [-0.05, 0) is 29.3 Å². The first kappa shape index (κ1) is 18.8. The fourth-order valence-corrected chi connectivity index (χ4v) is 4.02. The number of benzene rings is 1. The Morgan fingerprint density at radius 2 is 1.88 bits per heavy atom. The Labute approximate surface area is 161 Å². The second-order valence-electron chi connectivity index (χ2n) is 4.91. The predicted octanol–water partition coefficient (Wildman–Crippen LogP) is 5.97. The average molecular weight is 389 g/mol. The molecule has 0 atom stereocenters. The van der Waals surface area contributed by atoms with Crippen LogP contribution in [0.15, 0.2) is 64.9 Å². The van der Waals surface area contributed by atoms with Crippen LogP contribution < -0.4 is 0 Å². The SMILES string of the molecule is CSc1cc(C2=C[CH]C=C2)c2sccc2c1C#N.[CH]1C=CC=C1.[Fe]. The number of nitriles is 1. The van der Waals surface area contributed by atoms with Gasteiger partial charge in [-0.2, -0.15) is 5.26 Å². The molecule has 1 heterocycles. The second kappa shape index (κ2) is 9.11. The van der Waals surface area contributed by atoms with Crippen LogP contribution in [0.2, 0.25) is 0 Å². The van der Waals surface area contributed by atoms with E-state index in [-0.39, 0.29) is 17.1 Å². The Balaban J connectivity index is 0.000000300. The molecule has 2 aromatic rings. The van der Waals surface area contributed by atoms with E-state index >= 15 is 0 Å². The van der Waals surface area contributed by atoms with Gasteiger partial charge >= 0.3 is 0 Å². The standard InChI is InChI=1S/C15H10NS2.C5H5.Fe/c1-17-14-8-12(10-4-2-3-5-10)15-11(6-7-18-15)13(14)9-16;1-2-4-5-3-1;/h2-8H,1H3;1-5H;. The second-order valence-corrected chi connectivity index (χ2v) is 6.68. The largest absolute Gasteiger partial charge is 0.192 e. The van der Waals surface area contributed by atoms with E-state index in [1.165, 1.54) is 15.8 Å². The molecule has 1 nitrogen and oxygen atoms in total. The fraction of sp³-hybridized carbons (Fsp3) is 0.0500. The van der Waals surface area contributed by atoms with Gasteiger partial charge in [0.25, 0.3) is 0 Å². The number of nitrogens with zero attached hydrogens (tertiary/aromatic N) is 1. The summed E-state index contributed by atoms with van der Waals surface area (Å²) in [5.74, 6) is 0. The minimum atomic E-state index is 0. The first-order valence-corrected chi connectivity index (χ1v) is 9.32. The summed E-state index contributed by atoms with van der Waals surface area (Å²) in [5.41, 5.74) is 3.25. The Bertz CT molecular complexity index is 869. The van der Waals surface area contributed by atoms with Crippen LogP contribution in [0.25, 0.3) is 15.7 Å². The number of fused-ring (bicyclic) bond motifs is 1. The zero-order valence-corrected chi connectivity index (χ0v) is 15.8. The maximum atomic E-state index is 9.33. The third-order valence-electron chi connectivity index (χ3n) is 3.56. The maximum absolute atomic E-state index is 9.33. The molecule has 1 aromatic heterocycles. The van der Waals surface area contributed by atoms with Crippen LogP contribution in [0.3, 0.4) is 0 Å². The molecule has 2 radical (unpaired) electrons. The monoisotopic (exact) mass is 389 g/mol. The van der Waals surface area contributed by atoms with Crippen LogP contribution in [0.5, 0.6) is 0 Å². The van der Waals surface area contributed by atoms with Crippen molar-refractivity contribution < 1.29 is 17.1 Å². The molecule has 4 heteroatoms. The van der Waals surface area contributed by atoms with Crippen LogP contribution in [0.4, 0.5) is 0 Å². The third kappa shape index (κ3) is 3.94. The van der Waals surface area contributed by atoms with E-state index in [1.54, 1.807) is 23.1 Å². The summed E-state index contributed by atoms with van der Waals surface area (Å²) in [5, 5.41) is 12.5. The number of rotatable bonds is 2. The summed E-state index contributed by atoms with van der Waals surface area (Å²) in [6, 6.07) is 6.52. The predicted molar refractivity (Wildman–Crippen MR) is 102 cm³/mol. The molecule has 0 amide bonds. The fourth-order valence-electron chi connectivity index (χ4n) is 2.48. The smallest absolute Gasteiger partial charge is 0.101 e. The van der Waals surface area contributed by atoms with Gasteiger partial charge in [-0.15, -0.1) is 23.1 Å². The summed E-state index contributed by atoms with van der Waals surface area (Å²) in [6.07, 6.45) is 20.3. The summed E-state index contributed by atoms with van der Waals surface area (Å²) in [4.78, 5) is 1.06. The molecule has 0 bridgehead atoms. The van der Waals surface area contributed by atoms with Crippen molar-refractivity contribution in [3.05, 3.63) is 84.0 Å². The molecule has 0 spiro atoms. The molecule has 1 aromatic carbocycles. The van der Waals surface area contributed by atoms with E-state index in [0.717, 1.165) is 15.8 Å². The van der Waals surface area contributed by atoms with Crippen molar-refractivity contribution >= 4 is 38.8 Å². The zero-order valence-electron chi connectivity index (χ0n) is 13.0. The molecule has 2 aliphatic rings. The van der Waals surface area contributed by atoms with Gasteiger partial charge in [-0.25, -0.2) is 0 Å². The summed E-state index contributed by atoms with van der Waals surface area (Å²) in [7, 11) is 0. The van der Waals surface area contributed by atoms with E-state index in [9.17, 15) is 5.26 Å². The molecule has 0 aliphatic heterocycles. The number of hydrogen-bond donors (Lipinski definition) is 0. The molecule has 0 saturated heterocycles. The number of thioether (sulfide) groups is 1. The molecular formula is C20H15FeNS2. The third-order valence-corrected chi connectivity index (χ3v) is 5.27. The number of allylic oxidation sites excluding steroid dienone is 8. The van der Waals surface area contributed by atoms with Gasteiger partial charge in [0.1, 0.15) is 6.07 Å². The van der Waals surface area contributed by atoms with Crippen LogP contribution in [-0.2, 0) is 17.1 Å². The Hall–Kier alpha value is -1.50. The van der Waals surface area contributed by atoms with Gasteiger partial charge in [-0.3, -0.25) is 0 Å². The van der Waals surface area contributed by atoms with E-state index in [0.29, 0.717) is 0 Å². The molecule has 0 N–H and O–H groups in total. The van der Waals surface area contributed by atoms with Crippen molar-refractivity contribution in [1.82, 2.24) is 0 Å². The minimum absolute atomic E-state index is 0. The van der Waals surface area contributed by atoms with Crippen LogP contribution in [0.1, 0.15) is 11.1 Å². The van der Waals surface area contributed by atoms with E-state index in [1.807, 2.05) is 55.5 Å². The van der Waals surface area contributed by atoms with Crippen molar-refractivity contribution in [2.75, 3.05) is 6.26 Å². The van der Waals surface area contributed by atoms with Crippen molar-refractivity contribution in [3.8, 4) is 6.07 Å². The normalized spacial score (nSPS) is 14.1. The van der Waals surface area contributed by atoms with Crippen molar-refractivity contribution in [2.24, 2.45) is 0 Å². The number of hydrogen-bond acceptors (Lipinski definition) is 3. The van der Waals surface area contributed by atoms with Crippen LogP contribution >= 0.6 is 23.1 Å². The van der Waals surface area contributed by atoms with E-state index in [2.05, 4.69) is 29.7 Å². The maximum Gasteiger partial charge on any atom is 0.101 e.